The second-order valence-electron chi connectivity index (χ2n) is 5.04. The minimum absolute atomic E-state index is 0.143. The maximum absolute atomic E-state index is 11.9. The van der Waals surface area contributed by atoms with Crippen LogP contribution in [-0.4, -0.2) is 21.8 Å². The Morgan fingerprint density at radius 1 is 1.12 bits per heavy atom. The van der Waals surface area contributed by atoms with Crippen LogP contribution < -0.4 is 5.32 Å². The van der Waals surface area contributed by atoms with Gasteiger partial charge >= 0.3 is 0 Å². The Morgan fingerprint density at radius 2 is 1.88 bits per heavy atom. The van der Waals surface area contributed by atoms with Crippen LogP contribution in [0.2, 0.25) is 10.0 Å². The lowest BCUT2D eigenvalue weighted by Gasteiger charge is -2.05. The third kappa shape index (κ3) is 4.98. The molecule has 2 aromatic carbocycles. The van der Waals surface area contributed by atoms with Gasteiger partial charge in [0.2, 0.25) is 17.6 Å². The van der Waals surface area contributed by atoms with Gasteiger partial charge in [0.15, 0.2) is 0 Å². The van der Waals surface area contributed by atoms with E-state index < -0.39 is 0 Å². The second-order valence-corrected chi connectivity index (χ2v) is 6.87. The molecule has 0 bridgehead atoms. The summed E-state index contributed by atoms with van der Waals surface area (Å²) in [6, 6.07) is 14.3. The van der Waals surface area contributed by atoms with Crippen molar-refractivity contribution >= 4 is 46.6 Å². The second kappa shape index (κ2) is 8.38. The highest BCUT2D eigenvalue weighted by atomic mass is 35.5. The Labute approximate surface area is 158 Å². The van der Waals surface area contributed by atoms with Gasteiger partial charge in [-0.3, -0.25) is 4.79 Å². The Balaban J connectivity index is 1.50. The molecule has 0 saturated carbocycles. The summed E-state index contributed by atoms with van der Waals surface area (Å²) < 4.78 is 5.20. The largest absolute Gasteiger partial charge is 0.338 e. The van der Waals surface area contributed by atoms with Crippen molar-refractivity contribution in [2.24, 2.45) is 0 Å². The third-order valence-electron chi connectivity index (χ3n) is 3.18. The molecule has 0 unspecified atom stereocenters. The zero-order valence-electron chi connectivity index (χ0n) is 12.9. The summed E-state index contributed by atoms with van der Waals surface area (Å²) in [5.74, 6) is 1.50. The van der Waals surface area contributed by atoms with Gasteiger partial charge in [-0.2, -0.15) is 4.98 Å². The Bertz CT molecular complexity index is 868. The maximum Gasteiger partial charge on any atom is 0.236 e. The van der Waals surface area contributed by atoms with E-state index in [4.69, 9.17) is 27.7 Å². The molecule has 128 valence electrons. The van der Waals surface area contributed by atoms with Gasteiger partial charge in [-0.1, -0.05) is 40.5 Å². The van der Waals surface area contributed by atoms with Crippen molar-refractivity contribution in [1.82, 2.24) is 10.1 Å². The number of rotatable bonds is 6. The fraction of sp³-hybridized carbons (Fsp3) is 0.118. The molecule has 0 fully saturated rings. The Hall–Kier alpha value is -2.02. The van der Waals surface area contributed by atoms with E-state index in [-0.39, 0.29) is 11.7 Å². The molecule has 0 aliphatic heterocycles. The van der Waals surface area contributed by atoms with E-state index in [0.717, 1.165) is 5.56 Å². The number of hydrogen-bond donors (Lipinski definition) is 1. The number of nitrogens with zero attached hydrogens (tertiary/aromatic N) is 2. The van der Waals surface area contributed by atoms with Crippen LogP contribution in [0.5, 0.6) is 0 Å². The van der Waals surface area contributed by atoms with E-state index in [1.165, 1.54) is 11.8 Å². The minimum atomic E-state index is -0.143. The van der Waals surface area contributed by atoms with Gasteiger partial charge in [-0.25, -0.2) is 0 Å². The van der Waals surface area contributed by atoms with Crippen LogP contribution in [0.25, 0.3) is 11.4 Å². The van der Waals surface area contributed by atoms with Crippen LogP contribution in [0.4, 0.5) is 5.69 Å². The lowest BCUT2D eigenvalue weighted by molar-refractivity contribution is -0.113. The van der Waals surface area contributed by atoms with Crippen LogP contribution in [0.3, 0.4) is 0 Å². The molecule has 1 amide bonds. The number of carbonyl (C=O) groups excluding carboxylic acids is 1. The highest BCUT2D eigenvalue weighted by Gasteiger charge is 2.10. The van der Waals surface area contributed by atoms with Gasteiger partial charge in [0.1, 0.15) is 0 Å². The maximum atomic E-state index is 11.9. The zero-order valence-corrected chi connectivity index (χ0v) is 15.2. The Kier molecular flexibility index (Phi) is 5.96. The molecule has 0 saturated heterocycles. The summed E-state index contributed by atoms with van der Waals surface area (Å²) in [6.45, 7) is 0. The van der Waals surface area contributed by atoms with E-state index in [9.17, 15) is 4.79 Å². The first-order valence-electron chi connectivity index (χ1n) is 7.32. The number of aromatic nitrogens is 2. The highest BCUT2D eigenvalue weighted by Crippen LogP contribution is 2.22. The summed E-state index contributed by atoms with van der Waals surface area (Å²) in [5.41, 5.74) is 1.42. The monoisotopic (exact) mass is 393 g/mol. The number of anilines is 1. The van der Waals surface area contributed by atoms with Gasteiger partial charge < -0.3 is 9.84 Å². The lowest BCUT2D eigenvalue weighted by atomic mass is 10.2. The third-order valence-corrected chi connectivity index (χ3v) is 4.68. The average molecular weight is 394 g/mol. The van der Waals surface area contributed by atoms with Crippen molar-refractivity contribution in [1.29, 1.82) is 0 Å². The summed E-state index contributed by atoms with van der Waals surface area (Å²) in [6.07, 6.45) is 0. The SMILES string of the molecule is O=C(CSCc1nc(-c2ccc(Cl)cc2)no1)Nc1ccccc1Cl. The molecule has 8 heteroatoms. The molecule has 0 radical (unpaired) electrons. The van der Waals surface area contributed by atoms with Gasteiger partial charge in [-0.05, 0) is 36.4 Å². The molecule has 1 heterocycles. The van der Waals surface area contributed by atoms with Crippen LogP contribution in [0, 0.1) is 0 Å². The number of halogens is 2. The first-order chi connectivity index (χ1) is 12.1. The molecule has 5 nitrogen and oxygen atoms in total. The van der Waals surface area contributed by atoms with Crippen molar-refractivity contribution in [2.45, 2.75) is 5.75 Å². The zero-order chi connectivity index (χ0) is 17.6. The topological polar surface area (TPSA) is 68.0 Å². The molecular formula is C17H13Cl2N3O2S. The van der Waals surface area contributed by atoms with Crippen LogP contribution >= 0.6 is 35.0 Å². The summed E-state index contributed by atoms with van der Waals surface area (Å²) in [4.78, 5) is 16.3. The molecule has 25 heavy (non-hydrogen) atoms. The number of para-hydroxylation sites is 1. The Morgan fingerprint density at radius 3 is 2.64 bits per heavy atom. The molecule has 1 N–H and O–H groups in total. The smallest absolute Gasteiger partial charge is 0.236 e. The summed E-state index contributed by atoms with van der Waals surface area (Å²) >= 11 is 13.2. The minimum Gasteiger partial charge on any atom is -0.338 e. The van der Waals surface area contributed by atoms with Gasteiger partial charge in [0, 0.05) is 10.6 Å². The van der Waals surface area contributed by atoms with Crippen LogP contribution in [0.1, 0.15) is 5.89 Å². The van der Waals surface area contributed by atoms with E-state index in [1.807, 2.05) is 18.2 Å². The molecule has 0 aliphatic rings. The number of carbonyl (C=O) groups is 1. The number of benzene rings is 2. The standard InChI is InChI=1S/C17H13Cl2N3O2S/c18-12-7-5-11(6-8-12)17-21-16(24-22-17)10-25-9-15(23)20-14-4-2-1-3-13(14)19/h1-8H,9-10H2,(H,20,23). The molecule has 1 aromatic heterocycles. The lowest BCUT2D eigenvalue weighted by Crippen LogP contribution is -2.14. The van der Waals surface area contributed by atoms with Crippen molar-refractivity contribution in [3.8, 4) is 11.4 Å². The van der Waals surface area contributed by atoms with E-state index in [2.05, 4.69) is 15.5 Å². The first-order valence-corrected chi connectivity index (χ1v) is 9.23. The fourth-order valence-corrected chi connectivity index (χ4v) is 2.97. The number of hydrogen-bond acceptors (Lipinski definition) is 5. The van der Waals surface area contributed by atoms with Gasteiger partial charge in [-0.15, -0.1) is 11.8 Å². The molecular weight excluding hydrogens is 381 g/mol. The fourth-order valence-electron chi connectivity index (χ4n) is 2.01. The van der Waals surface area contributed by atoms with Crippen molar-refractivity contribution in [3.05, 3.63) is 64.5 Å². The van der Waals surface area contributed by atoms with E-state index >= 15 is 0 Å². The normalized spacial score (nSPS) is 10.6. The van der Waals surface area contributed by atoms with E-state index in [1.54, 1.807) is 30.3 Å². The highest BCUT2D eigenvalue weighted by molar-refractivity contribution is 7.99. The van der Waals surface area contributed by atoms with Crippen LogP contribution in [0.15, 0.2) is 53.1 Å². The predicted octanol–water partition coefficient (Wildman–Crippen LogP) is 4.92. The van der Waals surface area contributed by atoms with Gasteiger partial charge in [0.25, 0.3) is 0 Å². The molecule has 0 atom stereocenters. The van der Waals surface area contributed by atoms with E-state index in [0.29, 0.717) is 33.2 Å². The number of thioether (sulfide) groups is 1. The van der Waals surface area contributed by atoms with Crippen LogP contribution in [-0.2, 0) is 10.5 Å². The number of amides is 1. The van der Waals surface area contributed by atoms with Crippen molar-refractivity contribution < 1.29 is 9.32 Å². The summed E-state index contributed by atoms with van der Waals surface area (Å²) in [5, 5.41) is 7.85. The molecule has 0 aliphatic carbocycles. The quantitative estimate of drug-likeness (QED) is 0.643. The first kappa shape index (κ1) is 17.8. The molecule has 3 aromatic rings. The van der Waals surface area contributed by atoms with Gasteiger partial charge in [0.05, 0.1) is 22.2 Å². The summed E-state index contributed by atoms with van der Waals surface area (Å²) in [7, 11) is 0. The van der Waals surface area contributed by atoms with Crippen molar-refractivity contribution in [3.63, 3.8) is 0 Å². The molecule has 3 rings (SSSR count). The van der Waals surface area contributed by atoms with Crippen molar-refractivity contribution in [2.75, 3.05) is 11.1 Å². The molecule has 0 spiro atoms. The predicted molar refractivity (Wildman–Crippen MR) is 101 cm³/mol. The average Bonchev–Trinajstić information content (AvgIpc) is 3.06. The number of nitrogens with one attached hydrogen (secondary N) is 1.